The summed E-state index contributed by atoms with van der Waals surface area (Å²) in [4.78, 5) is 11.0. The Morgan fingerprint density at radius 2 is 1.86 bits per heavy atom. The number of aromatic nitrogens is 1. The van der Waals surface area contributed by atoms with Gasteiger partial charge in [-0.15, -0.1) is 11.3 Å². The summed E-state index contributed by atoms with van der Waals surface area (Å²) in [6.45, 7) is 16.3. The molecule has 3 nitrogen and oxygen atoms in total. The van der Waals surface area contributed by atoms with Gasteiger partial charge >= 0.3 is 0 Å². The number of halogens is 1. The highest BCUT2D eigenvalue weighted by Gasteiger charge is 2.24. The molecule has 144 valence electrons. The standard InChI is InChI=1S/C23H24BrN3S/c1-14-9-18(24)10-15(2)21(14)19-13-28-23-20(11-16(3)26-22(19)23)27-7-5-17(6-8-27)12-25-4/h9-11,13,17H,5-8,12H2,1-3H3. The van der Waals surface area contributed by atoms with Gasteiger partial charge < -0.3 is 9.74 Å². The first-order chi connectivity index (χ1) is 13.5. The third kappa shape index (κ3) is 3.56. The number of thiophene rings is 1. The summed E-state index contributed by atoms with van der Waals surface area (Å²) in [6.07, 6.45) is 2.21. The Bertz CT molecular complexity index is 1050. The quantitative estimate of drug-likeness (QED) is 0.407. The first-order valence-electron chi connectivity index (χ1n) is 9.72. The van der Waals surface area contributed by atoms with Crippen molar-refractivity contribution >= 4 is 43.2 Å². The topological polar surface area (TPSA) is 20.5 Å². The molecule has 0 N–H and O–H groups in total. The van der Waals surface area contributed by atoms with Crippen LogP contribution in [0.5, 0.6) is 0 Å². The first kappa shape index (κ1) is 19.4. The molecule has 0 amide bonds. The van der Waals surface area contributed by atoms with Crippen LogP contribution in [0, 0.1) is 33.3 Å². The predicted octanol–water partition coefficient (Wildman–Crippen LogP) is 6.79. The van der Waals surface area contributed by atoms with Crippen LogP contribution in [-0.2, 0) is 0 Å². The highest BCUT2D eigenvalue weighted by atomic mass is 79.9. The largest absolute Gasteiger partial charge is 0.370 e. The molecular weight excluding hydrogens is 430 g/mol. The second-order valence-corrected chi connectivity index (χ2v) is 9.59. The molecule has 0 unspecified atom stereocenters. The Labute approximate surface area is 179 Å². The van der Waals surface area contributed by atoms with Crippen LogP contribution in [0.3, 0.4) is 0 Å². The van der Waals surface area contributed by atoms with Crippen LogP contribution in [0.25, 0.3) is 26.2 Å². The van der Waals surface area contributed by atoms with Gasteiger partial charge in [0.2, 0.25) is 6.54 Å². The smallest absolute Gasteiger partial charge is 0.217 e. The lowest BCUT2D eigenvalue weighted by atomic mass is 9.95. The Hall–Kier alpha value is -1.90. The molecule has 4 rings (SSSR count). The maximum Gasteiger partial charge on any atom is 0.217 e. The minimum absolute atomic E-state index is 0.555. The van der Waals surface area contributed by atoms with Crippen molar-refractivity contribution in [3.63, 3.8) is 0 Å². The number of fused-ring (bicyclic) bond motifs is 1. The molecule has 0 aliphatic carbocycles. The van der Waals surface area contributed by atoms with Crippen LogP contribution in [0.1, 0.15) is 29.7 Å². The van der Waals surface area contributed by atoms with Crippen molar-refractivity contribution in [3.05, 3.63) is 56.3 Å². The normalized spacial score (nSPS) is 15.2. The lowest BCUT2D eigenvalue weighted by molar-refractivity contribution is 0.431. The number of anilines is 1. The molecule has 0 spiro atoms. The maximum atomic E-state index is 7.12. The summed E-state index contributed by atoms with van der Waals surface area (Å²) in [5.41, 5.74) is 8.60. The van der Waals surface area contributed by atoms with E-state index in [9.17, 15) is 0 Å². The summed E-state index contributed by atoms with van der Waals surface area (Å²) < 4.78 is 2.41. The fourth-order valence-electron chi connectivity index (χ4n) is 4.35. The number of pyridine rings is 1. The van der Waals surface area contributed by atoms with Gasteiger partial charge in [0.25, 0.3) is 0 Å². The number of nitrogens with zero attached hydrogens (tertiary/aromatic N) is 3. The number of rotatable bonds is 3. The van der Waals surface area contributed by atoms with Gasteiger partial charge in [-0.25, -0.2) is 6.57 Å². The van der Waals surface area contributed by atoms with Crippen molar-refractivity contribution in [2.45, 2.75) is 33.6 Å². The molecule has 1 aromatic carbocycles. The van der Waals surface area contributed by atoms with E-state index >= 15 is 0 Å². The van der Waals surface area contributed by atoms with E-state index in [1.807, 2.05) is 0 Å². The Morgan fingerprint density at radius 1 is 1.18 bits per heavy atom. The summed E-state index contributed by atoms with van der Waals surface area (Å²) in [5.74, 6) is 0.555. The lowest BCUT2D eigenvalue weighted by Crippen LogP contribution is -2.34. The highest BCUT2D eigenvalue weighted by Crippen LogP contribution is 2.42. The van der Waals surface area contributed by atoms with Gasteiger partial charge in [0.15, 0.2) is 0 Å². The number of hydrogen-bond donors (Lipinski definition) is 0. The van der Waals surface area contributed by atoms with Crippen molar-refractivity contribution in [1.29, 1.82) is 0 Å². The molecule has 28 heavy (non-hydrogen) atoms. The van der Waals surface area contributed by atoms with E-state index in [-0.39, 0.29) is 0 Å². The summed E-state index contributed by atoms with van der Waals surface area (Å²) in [7, 11) is 0. The Morgan fingerprint density at radius 3 is 2.50 bits per heavy atom. The number of piperidine rings is 1. The second-order valence-electron chi connectivity index (χ2n) is 7.80. The van der Waals surface area contributed by atoms with Crippen LogP contribution < -0.4 is 4.90 Å². The van der Waals surface area contributed by atoms with E-state index in [0.717, 1.165) is 41.6 Å². The maximum absolute atomic E-state index is 7.12. The molecule has 1 aliphatic rings. The molecule has 1 fully saturated rings. The third-order valence-corrected chi connectivity index (χ3v) is 7.15. The van der Waals surface area contributed by atoms with Gasteiger partial charge in [-0.2, -0.15) is 0 Å². The third-order valence-electron chi connectivity index (χ3n) is 5.70. The first-order valence-corrected chi connectivity index (χ1v) is 11.4. The lowest BCUT2D eigenvalue weighted by Gasteiger charge is -2.32. The molecule has 0 atom stereocenters. The van der Waals surface area contributed by atoms with Crippen molar-refractivity contribution in [1.82, 2.24) is 4.98 Å². The molecule has 3 heterocycles. The summed E-state index contributed by atoms with van der Waals surface area (Å²) in [6, 6.07) is 6.61. The van der Waals surface area contributed by atoms with Crippen molar-refractivity contribution in [2.24, 2.45) is 5.92 Å². The van der Waals surface area contributed by atoms with E-state index in [1.165, 1.54) is 32.6 Å². The van der Waals surface area contributed by atoms with E-state index in [4.69, 9.17) is 11.6 Å². The molecule has 1 saturated heterocycles. The van der Waals surface area contributed by atoms with E-state index < -0.39 is 0 Å². The van der Waals surface area contributed by atoms with Gasteiger partial charge in [-0.05, 0) is 68.5 Å². The van der Waals surface area contributed by atoms with Gasteiger partial charge in [0, 0.05) is 40.1 Å². The molecule has 0 saturated carbocycles. The Kier molecular flexibility index (Phi) is 5.44. The summed E-state index contributed by atoms with van der Waals surface area (Å²) >= 11 is 5.42. The van der Waals surface area contributed by atoms with Crippen LogP contribution in [0.4, 0.5) is 5.69 Å². The van der Waals surface area contributed by atoms with E-state index in [2.05, 4.69) is 70.0 Å². The molecule has 0 radical (unpaired) electrons. The Balaban J connectivity index is 1.77. The minimum atomic E-state index is 0.555. The number of hydrogen-bond acceptors (Lipinski definition) is 3. The second kappa shape index (κ2) is 7.85. The zero-order chi connectivity index (χ0) is 19.8. The van der Waals surface area contributed by atoms with E-state index in [0.29, 0.717) is 12.5 Å². The van der Waals surface area contributed by atoms with Crippen LogP contribution >= 0.6 is 27.3 Å². The van der Waals surface area contributed by atoms with Crippen molar-refractivity contribution < 1.29 is 0 Å². The van der Waals surface area contributed by atoms with Crippen LogP contribution in [0.15, 0.2) is 28.1 Å². The van der Waals surface area contributed by atoms with E-state index in [1.54, 1.807) is 11.3 Å². The average Bonchev–Trinajstić information content (AvgIpc) is 3.05. The van der Waals surface area contributed by atoms with Crippen molar-refractivity contribution in [2.75, 3.05) is 24.5 Å². The average molecular weight is 454 g/mol. The monoisotopic (exact) mass is 453 g/mol. The molecule has 3 aromatic rings. The zero-order valence-corrected chi connectivity index (χ0v) is 19.0. The van der Waals surface area contributed by atoms with Crippen LogP contribution in [0.2, 0.25) is 0 Å². The zero-order valence-electron chi connectivity index (χ0n) is 16.6. The summed E-state index contributed by atoms with van der Waals surface area (Å²) in [5, 5.41) is 2.27. The van der Waals surface area contributed by atoms with Crippen LogP contribution in [-0.4, -0.2) is 24.6 Å². The van der Waals surface area contributed by atoms with Gasteiger partial charge in [-0.1, -0.05) is 15.9 Å². The SMILES string of the molecule is [C-]#[N+]CC1CCN(c2cc(C)nc3c(-c4c(C)cc(Br)cc4C)csc23)CC1. The fourth-order valence-corrected chi connectivity index (χ4v) is 6.08. The highest BCUT2D eigenvalue weighted by molar-refractivity contribution is 9.10. The molecule has 1 aliphatic heterocycles. The number of aryl methyl sites for hydroxylation is 3. The predicted molar refractivity (Wildman–Crippen MR) is 123 cm³/mol. The molecule has 5 heteroatoms. The molecule has 2 aromatic heterocycles. The van der Waals surface area contributed by atoms with Gasteiger partial charge in [0.1, 0.15) is 0 Å². The van der Waals surface area contributed by atoms with Gasteiger partial charge in [-0.3, -0.25) is 4.98 Å². The fraction of sp³-hybridized carbons (Fsp3) is 0.391. The molecule has 0 bridgehead atoms. The minimum Gasteiger partial charge on any atom is -0.370 e. The van der Waals surface area contributed by atoms with Crippen molar-refractivity contribution in [3.8, 4) is 11.1 Å². The number of benzene rings is 1. The molecular formula is C23H24BrN3S. The van der Waals surface area contributed by atoms with Gasteiger partial charge in [0.05, 0.1) is 15.9 Å².